The summed E-state index contributed by atoms with van der Waals surface area (Å²) in [5.41, 5.74) is 18.5. The highest BCUT2D eigenvalue weighted by Gasteiger charge is 2.46. The smallest absolute Gasteiger partial charge is 0.0845 e. The molecule has 2 N–H and O–H groups in total. The van der Waals surface area contributed by atoms with Crippen molar-refractivity contribution < 1.29 is 0 Å². The Kier molecular flexibility index (Phi) is 8.91. The van der Waals surface area contributed by atoms with Gasteiger partial charge in [0.05, 0.1) is 23.2 Å². The van der Waals surface area contributed by atoms with Gasteiger partial charge in [0.15, 0.2) is 0 Å². The molecule has 3 heterocycles. The molecular weight excluding hydrogens is 789 g/mol. The highest BCUT2D eigenvalue weighted by atomic mass is 15.2. The van der Waals surface area contributed by atoms with E-state index in [-0.39, 0.29) is 29.7 Å². The first-order valence-electron chi connectivity index (χ1n) is 23.5. The van der Waals surface area contributed by atoms with Crippen molar-refractivity contribution in [1.29, 1.82) is 0 Å². The maximum absolute atomic E-state index is 4.02. The molecule has 13 rings (SSSR count). The molecule has 3 aliphatic carbocycles. The minimum atomic E-state index is -0.0592. The second-order valence-corrected chi connectivity index (χ2v) is 19.3. The van der Waals surface area contributed by atoms with Crippen molar-refractivity contribution in [2.45, 2.75) is 62.3 Å². The second kappa shape index (κ2) is 15.1. The summed E-state index contributed by atoms with van der Waals surface area (Å²) in [5.74, 6) is 0.663. The van der Waals surface area contributed by atoms with Gasteiger partial charge in [-0.15, -0.1) is 0 Å². The molecule has 4 nitrogen and oxygen atoms in total. The van der Waals surface area contributed by atoms with E-state index >= 15 is 0 Å². The number of hydrogen-bond acceptors (Lipinski definition) is 3. The van der Waals surface area contributed by atoms with Gasteiger partial charge < -0.3 is 9.47 Å². The molecule has 8 aromatic rings. The van der Waals surface area contributed by atoms with Gasteiger partial charge in [-0.2, -0.15) is 0 Å². The van der Waals surface area contributed by atoms with Crippen LogP contribution in [0.2, 0.25) is 0 Å². The fraction of sp³-hybridized carbons (Fsp3) is 0.180. The molecule has 6 unspecified atom stereocenters. The Balaban J connectivity index is 0.833. The number of anilines is 2. The van der Waals surface area contributed by atoms with Crippen molar-refractivity contribution in [2.24, 2.45) is 5.92 Å². The number of nitrogens with one attached hydrogen (secondary N) is 2. The van der Waals surface area contributed by atoms with Crippen LogP contribution in [0.4, 0.5) is 11.4 Å². The van der Waals surface area contributed by atoms with Gasteiger partial charge >= 0.3 is 0 Å². The molecule has 0 bridgehead atoms. The Morgan fingerprint density at radius 1 is 0.615 bits per heavy atom. The van der Waals surface area contributed by atoms with Crippen molar-refractivity contribution in [3.8, 4) is 0 Å². The number of rotatable bonds is 6. The average Bonchev–Trinajstić information content (AvgIpc) is 3.96. The lowest BCUT2D eigenvalue weighted by molar-refractivity contribution is 0.247. The third-order valence-electron chi connectivity index (χ3n) is 15.4. The Morgan fingerprint density at radius 2 is 1.31 bits per heavy atom. The van der Waals surface area contributed by atoms with Crippen LogP contribution in [-0.2, 0) is 5.41 Å². The van der Waals surface area contributed by atoms with Crippen molar-refractivity contribution in [3.63, 3.8) is 0 Å². The Hall–Kier alpha value is -6.98. The summed E-state index contributed by atoms with van der Waals surface area (Å²) in [4.78, 5) is 2.53. The molecule has 65 heavy (non-hydrogen) atoms. The summed E-state index contributed by atoms with van der Waals surface area (Å²) in [6.45, 7) is 4.94. The number of nitrogens with zero attached hydrogens (tertiary/aromatic N) is 2. The van der Waals surface area contributed by atoms with E-state index in [1.165, 1.54) is 89.0 Å². The van der Waals surface area contributed by atoms with E-state index in [9.17, 15) is 0 Å². The van der Waals surface area contributed by atoms with Gasteiger partial charge in [-0.3, -0.25) is 10.6 Å². The summed E-state index contributed by atoms with van der Waals surface area (Å²) in [5, 5.41) is 10.6. The molecule has 0 saturated carbocycles. The highest BCUT2D eigenvalue weighted by Crippen LogP contribution is 2.55. The van der Waals surface area contributed by atoms with Gasteiger partial charge in [-0.1, -0.05) is 172 Å². The van der Waals surface area contributed by atoms with Crippen molar-refractivity contribution in [1.82, 2.24) is 15.2 Å². The Labute approximate surface area is 382 Å². The fourth-order valence-corrected chi connectivity index (χ4v) is 12.2. The van der Waals surface area contributed by atoms with Crippen LogP contribution in [-0.4, -0.2) is 10.6 Å². The molecule has 0 radical (unpaired) electrons. The molecule has 7 aromatic carbocycles. The zero-order chi connectivity index (χ0) is 43.2. The minimum Gasteiger partial charge on any atom is -0.333 e. The van der Waals surface area contributed by atoms with Gasteiger partial charge in [-0.05, 0) is 117 Å². The second-order valence-electron chi connectivity index (χ2n) is 19.3. The van der Waals surface area contributed by atoms with Crippen LogP contribution >= 0.6 is 0 Å². The van der Waals surface area contributed by atoms with Gasteiger partial charge in [-0.25, -0.2) is 0 Å². The fourth-order valence-electron chi connectivity index (χ4n) is 12.2. The van der Waals surface area contributed by atoms with E-state index in [2.05, 4.69) is 240 Å². The van der Waals surface area contributed by atoms with Crippen molar-refractivity contribution >= 4 is 50.0 Å². The lowest BCUT2D eigenvalue weighted by Crippen LogP contribution is -2.45. The first-order chi connectivity index (χ1) is 32.0. The van der Waals surface area contributed by atoms with Gasteiger partial charge in [0.2, 0.25) is 0 Å². The number of allylic oxidation sites excluding steroid dienone is 6. The van der Waals surface area contributed by atoms with Crippen LogP contribution in [0.15, 0.2) is 206 Å². The molecule has 5 aliphatic rings. The first-order valence-corrected chi connectivity index (χ1v) is 23.5. The van der Waals surface area contributed by atoms with Crippen LogP contribution in [0.25, 0.3) is 38.6 Å². The summed E-state index contributed by atoms with van der Waals surface area (Å²) in [7, 11) is 0. The summed E-state index contributed by atoms with van der Waals surface area (Å²) >= 11 is 0. The number of aromatic nitrogens is 1. The van der Waals surface area contributed by atoms with Crippen molar-refractivity contribution in [3.05, 3.63) is 245 Å². The summed E-state index contributed by atoms with van der Waals surface area (Å²) in [6.07, 6.45) is 14.4. The third-order valence-corrected chi connectivity index (χ3v) is 15.4. The number of hydrogen-bond donors (Lipinski definition) is 2. The monoisotopic (exact) mass is 840 g/mol. The van der Waals surface area contributed by atoms with Gasteiger partial charge in [0, 0.05) is 51.4 Å². The molecule has 2 aliphatic heterocycles. The van der Waals surface area contributed by atoms with Crippen LogP contribution in [0.1, 0.15) is 89.8 Å². The number of fused-ring (bicyclic) bond motifs is 9. The molecule has 316 valence electrons. The van der Waals surface area contributed by atoms with E-state index in [4.69, 9.17) is 0 Å². The lowest BCUT2D eigenvalue weighted by Gasteiger charge is -2.39. The van der Waals surface area contributed by atoms with Crippen molar-refractivity contribution in [2.75, 3.05) is 4.90 Å². The zero-order valence-electron chi connectivity index (χ0n) is 36.9. The quantitative estimate of drug-likeness (QED) is 0.175. The summed E-state index contributed by atoms with van der Waals surface area (Å²) in [6, 6.07) is 65.9. The van der Waals surface area contributed by atoms with E-state index in [1.807, 2.05) is 0 Å². The van der Waals surface area contributed by atoms with Crippen LogP contribution in [0.3, 0.4) is 0 Å². The van der Waals surface area contributed by atoms with Gasteiger partial charge in [0.25, 0.3) is 0 Å². The van der Waals surface area contributed by atoms with Gasteiger partial charge in [0.1, 0.15) is 0 Å². The number of para-hydroxylation sites is 3. The highest BCUT2D eigenvalue weighted by molar-refractivity contribution is 6.12. The Morgan fingerprint density at radius 3 is 2.12 bits per heavy atom. The molecule has 1 aromatic heterocycles. The van der Waals surface area contributed by atoms with E-state index in [1.54, 1.807) is 0 Å². The maximum atomic E-state index is 4.02. The van der Waals surface area contributed by atoms with E-state index in [0.717, 1.165) is 12.8 Å². The predicted octanol–water partition coefficient (Wildman–Crippen LogP) is 14.4. The lowest BCUT2D eigenvalue weighted by atomic mass is 9.74. The Bertz CT molecular complexity index is 3230. The molecular formula is C61H52N4. The molecule has 1 fully saturated rings. The van der Waals surface area contributed by atoms with Crippen LogP contribution in [0, 0.1) is 5.92 Å². The average molecular weight is 841 g/mol. The summed E-state index contributed by atoms with van der Waals surface area (Å²) < 4.78 is 2.52. The van der Waals surface area contributed by atoms with E-state index < -0.39 is 0 Å². The molecule has 6 atom stereocenters. The topological polar surface area (TPSA) is 32.2 Å². The molecule has 1 saturated heterocycles. The normalized spacial score (nSPS) is 23.9. The predicted molar refractivity (Wildman–Crippen MR) is 270 cm³/mol. The maximum Gasteiger partial charge on any atom is 0.0845 e. The van der Waals surface area contributed by atoms with Crippen LogP contribution in [0.5, 0.6) is 0 Å². The minimum absolute atomic E-state index is 0.0548. The molecule has 0 spiro atoms. The zero-order valence-corrected chi connectivity index (χ0v) is 36.9. The largest absolute Gasteiger partial charge is 0.333 e. The van der Waals surface area contributed by atoms with Crippen LogP contribution < -0.4 is 15.5 Å². The SMILES string of the molecule is CC1(C)c2cc(C3CC(c4ccccc4)NC(c4ccccc4)N3)ccc2C2C=CC(n3c4ccccc4c4cc(C5=CCC6C(=C5)c5ccccc5N6c5ccccc5)ccc43)=CC21. The van der Waals surface area contributed by atoms with E-state index in [0.29, 0.717) is 11.8 Å². The first kappa shape index (κ1) is 38.5. The number of benzene rings is 7. The standard InChI is InChI=1S/C61H52N4/c1-61(2)52-36-43(55-38-54(39-16-6-3-7-17-39)62-60(63-55)40-18-8-4-9-19-40)26-30-46(52)47-31-29-45(37-53(47)61)65-57-25-15-13-23-49(57)51-35-42(28-33-59(51)65)41-27-32-58-50(34-41)48-22-12-14-24-56(48)64(58)44-20-10-5-11-21-44/h3-31,33-37,47,53-55,58,60,62-63H,32,38H2,1-2H3. The molecule has 4 heteroatoms. The third kappa shape index (κ3) is 6.19. The molecule has 0 amide bonds.